The van der Waals surface area contributed by atoms with Gasteiger partial charge in [0.05, 0.1) is 11.4 Å². The summed E-state index contributed by atoms with van der Waals surface area (Å²) in [5, 5.41) is 0. The van der Waals surface area contributed by atoms with Crippen molar-refractivity contribution in [1.82, 2.24) is 0 Å². The van der Waals surface area contributed by atoms with Gasteiger partial charge in [0.15, 0.2) is 0 Å². The van der Waals surface area contributed by atoms with Gasteiger partial charge in [-0.15, -0.1) is 0 Å². The Morgan fingerprint density at radius 2 is 1.50 bits per heavy atom. The van der Waals surface area contributed by atoms with Crippen LogP contribution in [0, 0.1) is 13.8 Å². The molecule has 0 amide bonds. The monoisotopic (exact) mass is 223 g/mol. The molecule has 1 aromatic carbocycles. The van der Waals surface area contributed by atoms with E-state index in [4.69, 9.17) is 13.3 Å². The van der Waals surface area contributed by atoms with Gasteiger partial charge in [0.25, 0.3) is 0 Å². The molecule has 1 aromatic rings. The molecule has 0 spiro atoms. The van der Waals surface area contributed by atoms with Crippen LogP contribution in [-0.4, -0.2) is 24.3 Å². The Hall–Kier alpha value is -0.790. The molecule has 84 valence electrons. The summed E-state index contributed by atoms with van der Waals surface area (Å²) >= 11 is -2.86. The lowest BCUT2D eigenvalue weighted by Gasteiger charge is -1.90. The van der Waals surface area contributed by atoms with Gasteiger partial charge < -0.3 is 20.1 Å². The summed E-state index contributed by atoms with van der Waals surface area (Å²) in [5.41, 5.74) is 2.68. The number of aryl methyl sites for hydroxylation is 2. The van der Waals surface area contributed by atoms with E-state index in [1.54, 1.807) is 0 Å². The second-order valence-corrected chi connectivity index (χ2v) is 2.81. The third-order valence-corrected chi connectivity index (χ3v) is 1.17. The normalized spacial score (nSPS) is 9.71. The van der Waals surface area contributed by atoms with Crippen molar-refractivity contribution in [3.63, 3.8) is 0 Å². The topological polar surface area (TPSA) is 123 Å². The lowest BCUT2D eigenvalue weighted by atomic mass is 10.2. The Morgan fingerprint density at radius 1 is 1.21 bits per heavy atom. The average molecular weight is 223 g/mol. The van der Waals surface area contributed by atoms with Crippen LogP contribution in [0.1, 0.15) is 11.1 Å². The van der Waals surface area contributed by atoms with Crippen LogP contribution in [0.15, 0.2) is 24.3 Å². The molecule has 0 aliphatic heterocycles. The lowest BCUT2D eigenvalue weighted by molar-refractivity contribution is 0.436. The van der Waals surface area contributed by atoms with Crippen molar-refractivity contribution in [3.05, 3.63) is 35.4 Å². The Morgan fingerprint density at radius 3 is 1.64 bits per heavy atom. The van der Waals surface area contributed by atoms with E-state index in [1.807, 2.05) is 0 Å². The minimum absolute atomic E-state index is 0. The first-order valence-corrected chi connectivity index (χ1v) is 4.37. The molecule has 0 heterocycles. The van der Waals surface area contributed by atoms with E-state index in [0.717, 1.165) is 0 Å². The molecule has 14 heavy (non-hydrogen) atoms. The SMILES string of the molecule is Cc1cccc(C)c1.O.O.O=S([O-])O. The average Bonchev–Trinajstić information content (AvgIpc) is 1.84. The first-order valence-electron chi connectivity index (χ1n) is 3.34. The van der Waals surface area contributed by atoms with Gasteiger partial charge in [0.1, 0.15) is 0 Å². The highest BCUT2D eigenvalue weighted by Gasteiger charge is 1.80. The Balaban J connectivity index is -0.000000180. The maximum absolute atomic E-state index is 8.56. The molecule has 0 aliphatic carbocycles. The van der Waals surface area contributed by atoms with Gasteiger partial charge in [0, 0.05) is 0 Å². The fourth-order valence-electron chi connectivity index (χ4n) is 0.807. The summed E-state index contributed by atoms with van der Waals surface area (Å²) in [4.78, 5) is 0. The van der Waals surface area contributed by atoms with Gasteiger partial charge in [0.2, 0.25) is 0 Å². The summed E-state index contributed by atoms with van der Waals surface area (Å²) in [6, 6.07) is 8.45. The molecule has 0 aliphatic rings. The molecule has 1 rings (SSSR count). The first kappa shape index (κ1) is 18.9. The summed E-state index contributed by atoms with van der Waals surface area (Å²) in [5.74, 6) is 0. The highest BCUT2D eigenvalue weighted by Crippen LogP contribution is 2.00. The first-order chi connectivity index (χ1) is 5.52. The highest BCUT2D eigenvalue weighted by atomic mass is 32.2. The fraction of sp³-hybridized carbons (Fsp3) is 0.250. The molecular formula is C8H15O5S-. The van der Waals surface area contributed by atoms with Crippen molar-refractivity contribution in [3.8, 4) is 0 Å². The summed E-state index contributed by atoms with van der Waals surface area (Å²) in [7, 11) is 0. The van der Waals surface area contributed by atoms with Crippen LogP contribution < -0.4 is 0 Å². The second-order valence-electron chi connectivity index (χ2n) is 2.38. The second kappa shape index (κ2) is 10.3. The summed E-state index contributed by atoms with van der Waals surface area (Å²) in [6.45, 7) is 4.21. The van der Waals surface area contributed by atoms with Gasteiger partial charge in [-0.1, -0.05) is 35.4 Å². The van der Waals surface area contributed by atoms with Crippen molar-refractivity contribution in [2.24, 2.45) is 0 Å². The Kier molecular flexibility index (Phi) is 13.9. The zero-order chi connectivity index (χ0) is 9.56. The van der Waals surface area contributed by atoms with Crippen LogP contribution in [0.2, 0.25) is 0 Å². The molecule has 6 heteroatoms. The van der Waals surface area contributed by atoms with E-state index in [9.17, 15) is 0 Å². The molecule has 5 N–H and O–H groups in total. The quantitative estimate of drug-likeness (QED) is 0.622. The minimum atomic E-state index is -2.86. The van der Waals surface area contributed by atoms with Gasteiger partial charge in [-0.25, -0.2) is 4.21 Å². The van der Waals surface area contributed by atoms with E-state index in [-0.39, 0.29) is 11.0 Å². The van der Waals surface area contributed by atoms with Gasteiger partial charge in [-0.2, -0.15) is 0 Å². The number of rotatable bonds is 0. The minimum Gasteiger partial charge on any atom is -0.750 e. The van der Waals surface area contributed by atoms with E-state index < -0.39 is 11.4 Å². The molecule has 0 radical (unpaired) electrons. The Bertz CT molecular complexity index is 242. The van der Waals surface area contributed by atoms with E-state index >= 15 is 0 Å². The van der Waals surface area contributed by atoms with E-state index in [2.05, 4.69) is 38.1 Å². The van der Waals surface area contributed by atoms with E-state index in [0.29, 0.717) is 0 Å². The largest absolute Gasteiger partial charge is 0.750 e. The van der Waals surface area contributed by atoms with Crippen LogP contribution in [0.5, 0.6) is 0 Å². The third-order valence-electron chi connectivity index (χ3n) is 1.17. The number of hydrogen-bond acceptors (Lipinski definition) is 2. The number of benzene rings is 1. The standard InChI is InChI=1S/C8H10.H2O3S.2H2O/c1-7-4-3-5-8(2)6-7;1-4(2)3;;/h3-6H,1-2H3;(H2,1,2,3);2*1H2/p-1. The van der Waals surface area contributed by atoms with Crippen LogP contribution in [-0.2, 0) is 11.4 Å². The van der Waals surface area contributed by atoms with Crippen LogP contribution in [0.25, 0.3) is 0 Å². The van der Waals surface area contributed by atoms with Gasteiger partial charge in [-0.05, 0) is 13.8 Å². The van der Waals surface area contributed by atoms with E-state index in [1.165, 1.54) is 11.1 Å². The molecular weight excluding hydrogens is 208 g/mol. The molecule has 0 saturated carbocycles. The van der Waals surface area contributed by atoms with Crippen LogP contribution >= 0.6 is 0 Å². The van der Waals surface area contributed by atoms with Crippen molar-refractivity contribution in [1.29, 1.82) is 0 Å². The third kappa shape index (κ3) is 13.8. The predicted octanol–water partition coefficient (Wildman–Crippen LogP) is -0.00746. The van der Waals surface area contributed by atoms with Crippen molar-refractivity contribution < 1.29 is 24.3 Å². The van der Waals surface area contributed by atoms with Crippen LogP contribution in [0.3, 0.4) is 0 Å². The molecule has 5 nitrogen and oxygen atoms in total. The zero-order valence-electron chi connectivity index (χ0n) is 7.98. The van der Waals surface area contributed by atoms with Crippen molar-refractivity contribution in [2.75, 3.05) is 0 Å². The molecule has 0 aromatic heterocycles. The summed E-state index contributed by atoms with van der Waals surface area (Å²) in [6.07, 6.45) is 0. The molecule has 1 unspecified atom stereocenters. The zero-order valence-corrected chi connectivity index (χ0v) is 8.80. The van der Waals surface area contributed by atoms with Gasteiger partial charge in [-0.3, -0.25) is 0 Å². The number of hydrogen-bond donors (Lipinski definition) is 1. The van der Waals surface area contributed by atoms with Crippen molar-refractivity contribution >= 4 is 11.4 Å². The maximum atomic E-state index is 8.56. The van der Waals surface area contributed by atoms with Gasteiger partial charge >= 0.3 is 0 Å². The molecule has 0 bridgehead atoms. The fourth-order valence-corrected chi connectivity index (χ4v) is 0.807. The smallest absolute Gasteiger partial charge is 0.0814 e. The molecule has 0 fully saturated rings. The highest BCUT2D eigenvalue weighted by molar-refractivity contribution is 7.73. The predicted molar refractivity (Wildman–Crippen MR) is 54.7 cm³/mol. The lowest BCUT2D eigenvalue weighted by Crippen LogP contribution is -1.75. The Labute approximate surface area is 85.5 Å². The molecule has 0 saturated heterocycles. The maximum Gasteiger partial charge on any atom is 0.0814 e. The van der Waals surface area contributed by atoms with Crippen molar-refractivity contribution in [2.45, 2.75) is 13.8 Å². The van der Waals surface area contributed by atoms with Crippen LogP contribution in [0.4, 0.5) is 0 Å². The molecule has 1 atom stereocenters. The summed E-state index contributed by atoms with van der Waals surface area (Å²) < 4.78 is 24.1.